The van der Waals surface area contributed by atoms with E-state index >= 15 is 0 Å². The van der Waals surface area contributed by atoms with Gasteiger partial charge in [0.1, 0.15) is 40.8 Å². The molecule has 1 saturated heterocycles. The molecule has 0 unspecified atom stereocenters. The smallest absolute Gasteiger partial charge is 0.258 e. The fourth-order valence-corrected chi connectivity index (χ4v) is 5.57. The van der Waals surface area contributed by atoms with Gasteiger partial charge < -0.3 is 30.2 Å². The fraction of sp³-hybridized carbons (Fsp3) is 0.346. The number of nitrogens with one attached hydrogen (secondary N) is 3. The van der Waals surface area contributed by atoms with E-state index in [-0.39, 0.29) is 10.9 Å². The summed E-state index contributed by atoms with van der Waals surface area (Å²) < 4.78 is 16.9. The number of benzene rings is 1. The summed E-state index contributed by atoms with van der Waals surface area (Å²) in [4.78, 5) is 33.1. The number of carbonyl (C=O) groups excluding carboxylic acids is 1. The Balaban J connectivity index is 1.32. The van der Waals surface area contributed by atoms with Gasteiger partial charge in [0.2, 0.25) is 0 Å². The molecule has 1 aliphatic heterocycles. The second-order valence-corrected chi connectivity index (χ2v) is 10.2. The van der Waals surface area contributed by atoms with Crippen molar-refractivity contribution in [3.63, 3.8) is 0 Å². The number of hydrogen-bond donors (Lipinski definition) is 3. The summed E-state index contributed by atoms with van der Waals surface area (Å²) in [5.74, 6) is 2.36. The van der Waals surface area contributed by atoms with Crippen LogP contribution >= 0.6 is 22.9 Å². The lowest BCUT2D eigenvalue weighted by atomic mass is 10.1. The predicted molar refractivity (Wildman–Crippen MR) is 156 cm³/mol. The molecule has 4 aromatic rings. The maximum atomic E-state index is 13.4. The molecule has 1 aliphatic rings. The molecule has 210 valence electrons. The molecule has 40 heavy (non-hydrogen) atoms. The zero-order valence-corrected chi connectivity index (χ0v) is 23.9. The zero-order valence-electron chi connectivity index (χ0n) is 22.3. The molecule has 0 spiro atoms. The quantitative estimate of drug-likeness (QED) is 0.247. The van der Waals surface area contributed by atoms with E-state index in [4.69, 9.17) is 25.8 Å². The van der Waals surface area contributed by atoms with Gasteiger partial charge in [0.15, 0.2) is 5.82 Å². The third kappa shape index (κ3) is 6.02. The molecule has 5 rings (SSSR count). The number of methoxy groups -OCH3 is 2. The van der Waals surface area contributed by atoms with Crippen molar-refractivity contribution in [3.05, 3.63) is 46.3 Å². The van der Waals surface area contributed by atoms with Crippen molar-refractivity contribution in [2.24, 2.45) is 0 Å². The van der Waals surface area contributed by atoms with Crippen LogP contribution in [0, 0.1) is 6.92 Å². The number of carbonyl (C=O) groups is 1. The average molecular weight is 585 g/mol. The molecule has 4 heterocycles. The van der Waals surface area contributed by atoms with Crippen LogP contribution in [0.25, 0.3) is 10.2 Å². The maximum Gasteiger partial charge on any atom is 0.258 e. The van der Waals surface area contributed by atoms with E-state index in [2.05, 4.69) is 40.8 Å². The van der Waals surface area contributed by atoms with Crippen molar-refractivity contribution in [1.82, 2.24) is 24.8 Å². The van der Waals surface area contributed by atoms with Crippen molar-refractivity contribution < 1.29 is 19.0 Å². The summed E-state index contributed by atoms with van der Waals surface area (Å²) in [7, 11) is 3.04. The Bertz CT molecular complexity index is 1480. The molecule has 12 nitrogen and oxygen atoms in total. The number of hydrogen-bond acceptors (Lipinski definition) is 12. The average Bonchev–Trinajstić information content (AvgIpc) is 3.42. The van der Waals surface area contributed by atoms with Gasteiger partial charge in [-0.25, -0.2) is 19.9 Å². The van der Waals surface area contributed by atoms with Gasteiger partial charge in [-0.15, -0.1) is 11.3 Å². The number of anilines is 4. The molecule has 3 aromatic heterocycles. The van der Waals surface area contributed by atoms with Gasteiger partial charge in [-0.3, -0.25) is 9.69 Å². The van der Waals surface area contributed by atoms with Crippen LogP contribution < -0.4 is 25.4 Å². The normalized spacial score (nSPS) is 13.7. The summed E-state index contributed by atoms with van der Waals surface area (Å²) in [6.45, 7) is 6.86. The minimum atomic E-state index is -0.370. The van der Waals surface area contributed by atoms with Crippen molar-refractivity contribution in [2.45, 2.75) is 6.92 Å². The molecular formula is C26H29ClN8O4S. The molecule has 1 aromatic carbocycles. The SMILES string of the molecule is COc1cc(OC)c(Cl)c(NC(=O)c2csc3c(Nc4cc(NCCN5CCOCC5)ncn4)ncnc23)c1C. The van der Waals surface area contributed by atoms with Crippen LogP contribution in [-0.4, -0.2) is 84.4 Å². The standard InChI is InChI=1S/C26H29ClN8O4S/c1-15-17(37-2)10-18(38-3)21(27)22(15)34-26(36)16-12-40-24-23(16)31-14-32-25(24)33-20-11-19(29-13-30-20)28-4-5-35-6-8-39-9-7-35/h10-14H,4-9H2,1-3H3,(H,34,36)(H2,28,29,30,31,32,33). The first-order valence-electron chi connectivity index (χ1n) is 12.6. The Morgan fingerprint density at radius 3 is 2.60 bits per heavy atom. The molecule has 0 atom stereocenters. The van der Waals surface area contributed by atoms with E-state index in [9.17, 15) is 4.79 Å². The fourth-order valence-electron chi connectivity index (χ4n) is 4.30. The van der Waals surface area contributed by atoms with Gasteiger partial charge in [0, 0.05) is 49.3 Å². The summed E-state index contributed by atoms with van der Waals surface area (Å²) in [6, 6.07) is 3.49. The highest BCUT2D eigenvalue weighted by Crippen LogP contribution is 2.41. The lowest BCUT2D eigenvalue weighted by Gasteiger charge is -2.26. The molecule has 1 amide bonds. The Kier molecular flexibility index (Phi) is 8.75. The van der Waals surface area contributed by atoms with Crippen molar-refractivity contribution in [2.75, 3.05) is 69.6 Å². The monoisotopic (exact) mass is 584 g/mol. The van der Waals surface area contributed by atoms with Gasteiger partial charge in [0.05, 0.1) is 48.9 Å². The first-order valence-corrected chi connectivity index (χ1v) is 13.8. The minimum Gasteiger partial charge on any atom is -0.496 e. The highest BCUT2D eigenvalue weighted by molar-refractivity contribution is 7.18. The Morgan fingerprint density at radius 2 is 1.82 bits per heavy atom. The van der Waals surface area contributed by atoms with Crippen LogP contribution in [0.5, 0.6) is 11.5 Å². The molecule has 3 N–H and O–H groups in total. The first kappa shape index (κ1) is 27.8. The number of nitrogens with zero attached hydrogens (tertiary/aromatic N) is 5. The summed E-state index contributed by atoms with van der Waals surface area (Å²) in [5.41, 5.74) is 1.97. The highest BCUT2D eigenvalue weighted by atomic mass is 35.5. The number of ether oxygens (including phenoxy) is 3. The van der Waals surface area contributed by atoms with Crippen LogP contribution in [-0.2, 0) is 4.74 Å². The molecule has 14 heteroatoms. The van der Waals surface area contributed by atoms with E-state index in [1.54, 1.807) is 18.6 Å². The van der Waals surface area contributed by atoms with Crippen LogP contribution in [0.2, 0.25) is 5.02 Å². The highest BCUT2D eigenvalue weighted by Gasteiger charge is 2.22. The van der Waals surface area contributed by atoms with E-state index in [1.807, 2.05) is 13.0 Å². The van der Waals surface area contributed by atoms with Gasteiger partial charge >= 0.3 is 0 Å². The lowest BCUT2D eigenvalue weighted by molar-refractivity contribution is 0.0398. The summed E-state index contributed by atoms with van der Waals surface area (Å²) in [5, 5.41) is 11.5. The van der Waals surface area contributed by atoms with Crippen molar-refractivity contribution in [1.29, 1.82) is 0 Å². The number of aromatic nitrogens is 4. The second-order valence-electron chi connectivity index (χ2n) is 8.89. The molecular weight excluding hydrogens is 556 g/mol. The molecule has 1 fully saturated rings. The van der Waals surface area contributed by atoms with Crippen molar-refractivity contribution >= 4 is 62.2 Å². The second kappa shape index (κ2) is 12.6. The lowest BCUT2D eigenvalue weighted by Crippen LogP contribution is -2.39. The Labute approximate surface area is 240 Å². The number of amides is 1. The minimum absolute atomic E-state index is 0.281. The largest absolute Gasteiger partial charge is 0.496 e. The van der Waals surface area contributed by atoms with Gasteiger partial charge in [-0.05, 0) is 6.92 Å². The molecule has 0 radical (unpaired) electrons. The van der Waals surface area contributed by atoms with Gasteiger partial charge in [-0.1, -0.05) is 11.6 Å². The molecule has 0 aliphatic carbocycles. The number of thiophene rings is 1. The van der Waals surface area contributed by atoms with E-state index in [1.165, 1.54) is 31.1 Å². The number of fused-ring (bicyclic) bond motifs is 1. The van der Waals surface area contributed by atoms with Gasteiger partial charge in [0.25, 0.3) is 5.91 Å². The topological polar surface area (TPSA) is 136 Å². The zero-order chi connectivity index (χ0) is 28.1. The van der Waals surface area contributed by atoms with E-state index in [0.29, 0.717) is 56.0 Å². The first-order chi connectivity index (χ1) is 19.5. The van der Waals surface area contributed by atoms with Crippen LogP contribution in [0.1, 0.15) is 15.9 Å². The third-order valence-electron chi connectivity index (χ3n) is 6.47. The van der Waals surface area contributed by atoms with Crippen LogP contribution in [0.3, 0.4) is 0 Å². The summed E-state index contributed by atoms with van der Waals surface area (Å²) >= 11 is 7.86. The van der Waals surface area contributed by atoms with Crippen LogP contribution in [0.4, 0.5) is 23.1 Å². The van der Waals surface area contributed by atoms with E-state index in [0.717, 1.165) is 39.4 Å². The molecule has 0 bridgehead atoms. The molecule has 0 saturated carbocycles. The maximum absolute atomic E-state index is 13.4. The van der Waals surface area contributed by atoms with Crippen LogP contribution in [0.15, 0.2) is 30.2 Å². The van der Waals surface area contributed by atoms with E-state index < -0.39 is 0 Å². The Hall–Kier alpha value is -3.78. The van der Waals surface area contributed by atoms with Crippen molar-refractivity contribution in [3.8, 4) is 11.5 Å². The third-order valence-corrected chi connectivity index (χ3v) is 7.82. The Morgan fingerprint density at radius 1 is 1.07 bits per heavy atom. The number of morpholine rings is 1. The number of halogens is 1. The number of rotatable bonds is 10. The predicted octanol–water partition coefficient (Wildman–Crippen LogP) is 4.20. The van der Waals surface area contributed by atoms with Gasteiger partial charge in [-0.2, -0.15) is 0 Å². The summed E-state index contributed by atoms with van der Waals surface area (Å²) in [6.07, 6.45) is 2.89.